The maximum Gasteiger partial charge on any atom is 0.162 e. The van der Waals surface area contributed by atoms with E-state index in [1.54, 1.807) is 13.2 Å². The minimum absolute atomic E-state index is 0.603. The first-order valence-electron chi connectivity index (χ1n) is 6.43. The van der Waals surface area contributed by atoms with Crippen LogP contribution in [0.2, 0.25) is 5.02 Å². The SMILES string of the molecule is CCOc1cc(CNCCN(C)C)c(Cl)cc1OC. The van der Waals surface area contributed by atoms with Crippen LogP contribution in [-0.2, 0) is 6.54 Å². The van der Waals surface area contributed by atoms with E-state index in [2.05, 4.69) is 24.3 Å². The van der Waals surface area contributed by atoms with Crippen molar-refractivity contribution >= 4 is 11.6 Å². The van der Waals surface area contributed by atoms with Gasteiger partial charge in [0.2, 0.25) is 0 Å². The lowest BCUT2D eigenvalue weighted by Gasteiger charge is -2.14. The van der Waals surface area contributed by atoms with E-state index in [1.807, 2.05) is 13.0 Å². The third kappa shape index (κ3) is 5.27. The number of nitrogens with one attached hydrogen (secondary N) is 1. The molecule has 108 valence electrons. The largest absolute Gasteiger partial charge is 0.493 e. The average molecular weight is 287 g/mol. The van der Waals surface area contributed by atoms with Gasteiger partial charge in [0.25, 0.3) is 0 Å². The molecule has 0 spiro atoms. The van der Waals surface area contributed by atoms with E-state index in [0.29, 0.717) is 17.4 Å². The summed E-state index contributed by atoms with van der Waals surface area (Å²) in [6.07, 6.45) is 0. The fraction of sp³-hybridized carbons (Fsp3) is 0.571. The Morgan fingerprint density at radius 1 is 1.26 bits per heavy atom. The second kappa shape index (κ2) is 8.25. The molecular formula is C14H23ClN2O2. The normalized spacial score (nSPS) is 10.8. The van der Waals surface area contributed by atoms with Crippen LogP contribution >= 0.6 is 11.6 Å². The Kier molecular flexibility index (Phi) is 6.99. The van der Waals surface area contributed by atoms with Crippen LogP contribution in [0.15, 0.2) is 12.1 Å². The molecule has 0 radical (unpaired) electrons. The highest BCUT2D eigenvalue weighted by molar-refractivity contribution is 6.31. The number of rotatable bonds is 8. The molecule has 4 nitrogen and oxygen atoms in total. The quantitative estimate of drug-likeness (QED) is 0.744. The van der Waals surface area contributed by atoms with Crippen molar-refractivity contribution in [1.82, 2.24) is 10.2 Å². The topological polar surface area (TPSA) is 33.7 Å². The van der Waals surface area contributed by atoms with Gasteiger partial charge in [-0.05, 0) is 32.6 Å². The summed E-state index contributed by atoms with van der Waals surface area (Å²) in [5.74, 6) is 1.41. The van der Waals surface area contributed by atoms with E-state index in [0.717, 1.165) is 30.9 Å². The molecule has 0 aliphatic heterocycles. The number of likely N-dealkylation sites (N-methyl/N-ethyl adjacent to an activating group) is 1. The van der Waals surface area contributed by atoms with Crippen LogP contribution in [0.25, 0.3) is 0 Å². The zero-order valence-corrected chi connectivity index (χ0v) is 12.9. The second-order valence-corrected chi connectivity index (χ2v) is 4.91. The number of nitrogens with zero attached hydrogens (tertiary/aromatic N) is 1. The summed E-state index contributed by atoms with van der Waals surface area (Å²) in [5, 5.41) is 4.05. The summed E-state index contributed by atoms with van der Waals surface area (Å²) in [7, 11) is 5.72. The lowest BCUT2D eigenvalue weighted by molar-refractivity contribution is 0.310. The molecule has 0 aliphatic carbocycles. The molecule has 1 N–H and O–H groups in total. The van der Waals surface area contributed by atoms with Crippen LogP contribution in [0.1, 0.15) is 12.5 Å². The molecule has 0 amide bonds. The molecule has 0 aliphatic rings. The van der Waals surface area contributed by atoms with Gasteiger partial charge in [-0.15, -0.1) is 0 Å². The molecule has 5 heteroatoms. The molecule has 0 fully saturated rings. The Hall–Kier alpha value is -0.970. The van der Waals surface area contributed by atoms with Gasteiger partial charge in [-0.1, -0.05) is 11.6 Å². The predicted octanol–water partition coefficient (Wildman–Crippen LogP) is 2.40. The Labute approximate surface area is 120 Å². The van der Waals surface area contributed by atoms with Gasteiger partial charge in [0.15, 0.2) is 11.5 Å². The lowest BCUT2D eigenvalue weighted by Crippen LogP contribution is -2.26. The van der Waals surface area contributed by atoms with Crippen LogP contribution < -0.4 is 14.8 Å². The molecule has 0 heterocycles. The molecule has 0 aromatic heterocycles. The van der Waals surface area contributed by atoms with E-state index in [-0.39, 0.29) is 0 Å². The van der Waals surface area contributed by atoms with E-state index >= 15 is 0 Å². The zero-order valence-electron chi connectivity index (χ0n) is 12.1. The van der Waals surface area contributed by atoms with Gasteiger partial charge < -0.3 is 19.7 Å². The van der Waals surface area contributed by atoms with Gasteiger partial charge in [-0.25, -0.2) is 0 Å². The molecule has 1 aromatic rings. The highest BCUT2D eigenvalue weighted by Gasteiger charge is 2.10. The van der Waals surface area contributed by atoms with Crippen LogP contribution in [0.5, 0.6) is 11.5 Å². The molecular weight excluding hydrogens is 264 g/mol. The first-order chi connectivity index (χ1) is 9.08. The summed E-state index contributed by atoms with van der Waals surface area (Å²) < 4.78 is 10.8. The van der Waals surface area contributed by atoms with Crippen molar-refractivity contribution in [2.75, 3.05) is 40.9 Å². The van der Waals surface area contributed by atoms with Crippen molar-refractivity contribution < 1.29 is 9.47 Å². The summed E-state index contributed by atoms with van der Waals surface area (Å²) in [4.78, 5) is 2.13. The summed E-state index contributed by atoms with van der Waals surface area (Å²) in [5.41, 5.74) is 1.02. The molecule has 0 bridgehead atoms. The number of benzene rings is 1. The van der Waals surface area contributed by atoms with Crippen molar-refractivity contribution in [3.63, 3.8) is 0 Å². The van der Waals surface area contributed by atoms with Gasteiger partial charge >= 0.3 is 0 Å². The van der Waals surface area contributed by atoms with Crippen LogP contribution in [-0.4, -0.2) is 45.8 Å². The van der Waals surface area contributed by atoms with Crippen LogP contribution in [0.3, 0.4) is 0 Å². The van der Waals surface area contributed by atoms with Gasteiger partial charge in [-0.2, -0.15) is 0 Å². The summed E-state index contributed by atoms with van der Waals surface area (Å²) in [6, 6.07) is 3.74. The average Bonchev–Trinajstić information content (AvgIpc) is 2.37. The van der Waals surface area contributed by atoms with E-state index in [1.165, 1.54) is 0 Å². The first-order valence-corrected chi connectivity index (χ1v) is 6.81. The first kappa shape index (κ1) is 16.1. The molecule has 19 heavy (non-hydrogen) atoms. The smallest absolute Gasteiger partial charge is 0.162 e. The number of hydrogen-bond acceptors (Lipinski definition) is 4. The van der Waals surface area contributed by atoms with Gasteiger partial charge in [0, 0.05) is 30.7 Å². The Balaban J connectivity index is 2.69. The van der Waals surface area contributed by atoms with Crippen LogP contribution in [0, 0.1) is 0 Å². The highest BCUT2D eigenvalue weighted by atomic mass is 35.5. The van der Waals surface area contributed by atoms with E-state index in [9.17, 15) is 0 Å². The molecule has 0 saturated heterocycles. The van der Waals surface area contributed by atoms with Crippen molar-refractivity contribution in [3.05, 3.63) is 22.7 Å². The van der Waals surface area contributed by atoms with Crippen molar-refractivity contribution in [1.29, 1.82) is 0 Å². The fourth-order valence-corrected chi connectivity index (χ4v) is 1.89. The number of methoxy groups -OCH3 is 1. The highest BCUT2D eigenvalue weighted by Crippen LogP contribution is 2.33. The fourth-order valence-electron chi connectivity index (χ4n) is 1.67. The third-order valence-electron chi connectivity index (χ3n) is 2.68. The monoisotopic (exact) mass is 286 g/mol. The maximum atomic E-state index is 6.24. The molecule has 1 rings (SSSR count). The molecule has 0 atom stereocenters. The van der Waals surface area contributed by atoms with Crippen molar-refractivity contribution in [3.8, 4) is 11.5 Å². The van der Waals surface area contributed by atoms with Gasteiger partial charge in [0.1, 0.15) is 0 Å². The third-order valence-corrected chi connectivity index (χ3v) is 3.04. The minimum Gasteiger partial charge on any atom is -0.493 e. The van der Waals surface area contributed by atoms with Crippen LogP contribution in [0.4, 0.5) is 0 Å². The lowest BCUT2D eigenvalue weighted by atomic mass is 10.2. The molecule has 0 saturated carbocycles. The van der Waals surface area contributed by atoms with Crippen molar-refractivity contribution in [2.24, 2.45) is 0 Å². The zero-order chi connectivity index (χ0) is 14.3. The standard InChI is InChI=1S/C14H23ClN2O2/c1-5-19-14-8-11(10-16-6-7-17(2)3)12(15)9-13(14)18-4/h8-9,16H,5-7,10H2,1-4H3. The number of hydrogen-bond donors (Lipinski definition) is 1. The Morgan fingerprint density at radius 3 is 2.58 bits per heavy atom. The van der Waals surface area contributed by atoms with Gasteiger partial charge in [0.05, 0.1) is 13.7 Å². The Bertz CT molecular complexity index is 397. The van der Waals surface area contributed by atoms with E-state index in [4.69, 9.17) is 21.1 Å². The summed E-state index contributed by atoms with van der Waals surface area (Å²) >= 11 is 6.24. The maximum absolute atomic E-state index is 6.24. The van der Waals surface area contributed by atoms with Crippen molar-refractivity contribution in [2.45, 2.75) is 13.5 Å². The second-order valence-electron chi connectivity index (χ2n) is 4.51. The van der Waals surface area contributed by atoms with Gasteiger partial charge in [-0.3, -0.25) is 0 Å². The molecule has 1 aromatic carbocycles. The number of halogens is 1. The number of ether oxygens (including phenoxy) is 2. The summed E-state index contributed by atoms with van der Waals surface area (Å²) in [6.45, 7) is 5.18. The molecule has 0 unspecified atom stereocenters. The van der Waals surface area contributed by atoms with E-state index < -0.39 is 0 Å². The predicted molar refractivity (Wildman–Crippen MR) is 79.4 cm³/mol. The Morgan fingerprint density at radius 2 is 2.00 bits per heavy atom. The minimum atomic E-state index is 0.603.